The first-order valence-corrected chi connectivity index (χ1v) is 12.8. The highest BCUT2D eigenvalue weighted by Gasteiger charge is 2.24. The van der Waals surface area contributed by atoms with Crippen molar-refractivity contribution in [2.24, 2.45) is 7.05 Å². The number of halogens is 1. The molecule has 0 bridgehead atoms. The highest BCUT2D eigenvalue weighted by atomic mass is 35.5. The maximum absolute atomic E-state index is 5.95. The van der Waals surface area contributed by atoms with Crippen LogP contribution < -0.4 is 35.9 Å². The first kappa shape index (κ1) is 27.1. The standard InChI is InChI=1S/C34H30NO4.ClH/c1-35-20-28-24(17-18-29(36-2)33(28)38-4)26-16-15-25-27(32(26)35)19-30(37-3)34(39-5)31(25)23-13-11-22(12-14-23)21-9-7-6-8-10-21;/h6-20H,1-5H3;1H/q+1;/p-1. The van der Waals surface area contributed by atoms with Gasteiger partial charge in [0.1, 0.15) is 7.05 Å². The van der Waals surface area contributed by atoms with Crippen LogP contribution in [0.5, 0.6) is 23.0 Å². The predicted molar refractivity (Wildman–Crippen MR) is 157 cm³/mol. The third kappa shape index (κ3) is 4.23. The quantitative estimate of drug-likeness (QED) is 0.228. The van der Waals surface area contributed by atoms with Crippen LogP contribution in [0.15, 0.2) is 91.1 Å². The van der Waals surface area contributed by atoms with Gasteiger partial charge >= 0.3 is 0 Å². The molecule has 0 atom stereocenters. The Labute approximate surface area is 239 Å². The number of nitrogens with zero attached hydrogens (tertiary/aromatic N) is 1. The molecule has 0 saturated heterocycles. The van der Waals surface area contributed by atoms with Gasteiger partial charge in [-0.05, 0) is 41.0 Å². The maximum Gasteiger partial charge on any atom is 0.220 e. The summed E-state index contributed by atoms with van der Waals surface area (Å²) < 4.78 is 25.3. The van der Waals surface area contributed by atoms with Crippen molar-refractivity contribution in [3.8, 4) is 45.3 Å². The largest absolute Gasteiger partial charge is 1.00 e. The van der Waals surface area contributed by atoms with Gasteiger partial charge in [-0.25, -0.2) is 0 Å². The molecule has 1 aromatic heterocycles. The Morgan fingerprint density at radius 1 is 0.500 bits per heavy atom. The molecule has 0 spiro atoms. The average Bonchev–Trinajstić information content (AvgIpc) is 2.99. The number of pyridine rings is 1. The van der Waals surface area contributed by atoms with Crippen molar-refractivity contribution in [1.82, 2.24) is 0 Å². The van der Waals surface area contributed by atoms with Gasteiger partial charge in [-0.1, -0.05) is 60.7 Å². The number of aromatic nitrogens is 1. The molecule has 6 rings (SSSR count). The Morgan fingerprint density at radius 3 is 1.75 bits per heavy atom. The van der Waals surface area contributed by atoms with Crippen LogP contribution >= 0.6 is 0 Å². The van der Waals surface area contributed by atoms with Crippen molar-refractivity contribution in [3.63, 3.8) is 0 Å². The van der Waals surface area contributed by atoms with E-state index in [0.29, 0.717) is 17.2 Å². The number of fused-ring (bicyclic) bond motifs is 5. The van der Waals surface area contributed by atoms with E-state index in [9.17, 15) is 0 Å². The van der Waals surface area contributed by atoms with Crippen molar-refractivity contribution in [3.05, 3.63) is 91.1 Å². The van der Waals surface area contributed by atoms with Gasteiger partial charge in [0.15, 0.2) is 29.2 Å². The minimum absolute atomic E-state index is 0. The summed E-state index contributed by atoms with van der Waals surface area (Å²) in [4.78, 5) is 0. The van der Waals surface area contributed by atoms with Crippen LogP contribution in [0.2, 0.25) is 0 Å². The minimum Gasteiger partial charge on any atom is -1.00 e. The molecule has 0 aliphatic carbocycles. The second-order valence-corrected chi connectivity index (χ2v) is 9.49. The Hall–Kier alpha value is -4.48. The zero-order valence-electron chi connectivity index (χ0n) is 23.1. The number of benzene rings is 5. The molecule has 0 aliphatic heterocycles. The van der Waals surface area contributed by atoms with E-state index in [-0.39, 0.29) is 12.4 Å². The molecule has 0 fully saturated rings. The fourth-order valence-electron chi connectivity index (χ4n) is 5.68. The number of rotatable bonds is 6. The summed E-state index contributed by atoms with van der Waals surface area (Å²) in [6, 6.07) is 29.5. The summed E-state index contributed by atoms with van der Waals surface area (Å²) in [6.45, 7) is 0. The van der Waals surface area contributed by atoms with Gasteiger partial charge in [-0.3, -0.25) is 0 Å². The Balaban J connectivity index is 0.00000323. The highest BCUT2D eigenvalue weighted by molar-refractivity contribution is 6.18. The number of hydrogen-bond donors (Lipinski definition) is 0. The molecule has 1 heterocycles. The fourth-order valence-corrected chi connectivity index (χ4v) is 5.68. The fraction of sp³-hybridized carbons (Fsp3) is 0.147. The van der Waals surface area contributed by atoms with E-state index in [1.165, 1.54) is 11.1 Å². The van der Waals surface area contributed by atoms with E-state index < -0.39 is 0 Å². The molecule has 5 aromatic carbocycles. The van der Waals surface area contributed by atoms with Gasteiger partial charge in [0.2, 0.25) is 5.52 Å². The van der Waals surface area contributed by atoms with Crippen LogP contribution in [0.25, 0.3) is 54.7 Å². The van der Waals surface area contributed by atoms with Crippen molar-refractivity contribution in [2.75, 3.05) is 28.4 Å². The van der Waals surface area contributed by atoms with Gasteiger partial charge in [0.05, 0.1) is 44.6 Å². The molecule has 6 heteroatoms. The molecule has 0 saturated carbocycles. The highest BCUT2D eigenvalue weighted by Crippen LogP contribution is 2.46. The molecular weight excluding hydrogens is 522 g/mol. The van der Waals surface area contributed by atoms with Crippen LogP contribution in [-0.4, -0.2) is 28.4 Å². The number of methoxy groups -OCH3 is 4. The number of ether oxygens (including phenoxy) is 4. The molecular formula is C34H30ClNO4. The van der Waals surface area contributed by atoms with Gasteiger partial charge in [0, 0.05) is 16.3 Å². The smallest absolute Gasteiger partial charge is 0.220 e. The average molecular weight is 552 g/mol. The lowest BCUT2D eigenvalue weighted by atomic mass is 9.92. The Bertz CT molecular complexity index is 1850. The van der Waals surface area contributed by atoms with Gasteiger partial charge in [-0.2, -0.15) is 4.57 Å². The number of aryl methyl sites for hydroxylation is 1. The lowest BCUT2D eigenvalue weighted by Crippen LogP contribution is -3.00. The Morgan fingerprint density at radius 2 is 1.10 bits per heavy atom. The zero-order valence-corrected chi connectivity index (χ0v) is 23.9. The zero-order chi connectivity index (χ0) is 27.1. The predicted octanol–water partition coefficient (Wildman–Crippen LogP) is 4.34. The third-order valence-corrected chi connectivity index (χ3v) is 7.47. The summed E-state index contributed by atoms with van der Waals surface area (Å²) in [7, 11) is 8.77. The number of hydrogen-bond acceptors (Lipinski definition) is 4. The summed E-state index contributed by atoms with van der Waals surface area (Å²) in [6.07, 6.45) is 2.10. The van der Waals surface area contributed by atoms with E-state index >= 15 is 0 Å². The minimum atomic E-state index is 0. The summed E-state index contributed by atoms with van der Waals surface area (Å²) in [5, 5.41) is 5.35. The lowest BCUT2D eigenvalue weighted by Gasteiger charge is -2.18. The molecule has 5 nitrogen and oxygen atoms in total. The molecule has 40 heavy (non-hydrogen) atoms. The second kappa shape index (κ2) is 10.9. The Kier molecular flexibility index (Phi) is 7.42. The van der Waals surface area contributed by atoms with Crippen LogP contribution in [0.4, 0.5) is 0 Å². The molecule has 6 aromatic rings. The molecule has 0 amide bonds. The maximum atomic E-state index is 5.95. The van der Waals surface area contributed by atoms with E-state index in [2.05, 4.69) is 90.6 Å². The van der Waals surface area contributed by atoms with Gasteiger partial charge in [-0.15, -0.1) is 0 Å². The molecule has 202 valence electrons. The molecule has 0 aliphatic rings. The van der Waals surface area contributed by atoms with Crippen molar-refractivity contribution in [1.29, 1.82) is 0 Å². The van der Waals surface area contributed by atoms with Crippen molar-refractivity contribution in [2.45, 2.75) is 0 Å². The second-order valence-electron chi connectivity index (χ2n) is 9.49. The third-order valence-electron chi connectivity index (χ3n) is 7.47. The first-order valence-electron chi connectivity index (χ1n) is 12.8. The SMILES string of the molecule is COc1cc2c(ccc3c4ccc(OC)c(OC)c4c[n+](C)c23)c(-c2ccc(-c3ccccc3)cc2)c1OC.[Cl-]. The summed E-state index contributed by atoms with van der Waals surface area (Å²) in [5.41, 5.74) is 5.50. The van der Waals surface area contributed by atoms with Crippen LogP contribution in [-0.2, 0) is 7.05 Å². The van der Waals surface area contributed by atoms with Crippen LogP contribution in [0.3, 0.4) is 0 Å². The van der Waals surface area contributed by atoms with Crippen molar-refractivity contribution < 1.29 is 35.9 Å². The topological polar surface area (TPSA) is 40.8 Å². The van der Waals surface area contributed by atoms with Gasteiger partial charge < -0.3 is 31.4 Å². The lowest BCUT2D eigenvalue weighted by molar-refractivity contribution is -0.642. The molecule has 0 unspecified atom stereocenters. The molecule has 0 radical (unpaired) electrons. The van der Waals surface area contributed by atoms with Gasteiger partial charge in [0.25, 0.3) is 0 Å². The van der Waals surface area contributed by atoms with Crippen molar-refractivity contribution >= 4 is 32.4 Å². The van der Waals surface area contributed by atoms with E-state index in [0.717, 1.165) is 49.3 Å². The normalized spacial score (nSPS) is 10.9. The van der Waals surface area contributed by atoms with E-state index in [1.54, 1.807) is 28.4 Å². The summed E-state index contributed by atoms with van der Waals surface area (Å²) >= 11 is 0. The first-order chi connectivity index (χ1) is 19.1. The van der Waals surface area contributed by atoms with Crippen LogP contribution in [0.1, 0.15) is 0 Å². The monoisotopic (exact) mass is 551 g/mol. The van der Waals surface area contributed by atoms with E-state index in [4.69, 9.17) is 18.9 Å². The van der Waals surface area contributed by atoms with Crippen LogP contribution in [0, 0.1) is 0 Å². The van der Waals surface area contributed by atoms with E-state index in [1.807, 2.05) is 12.1 Å². The summed E-state index contributed by atoms with van der Waals surface area (Å²) in [5.74, 6) is 2.83. The molecule has 0 N–H and O–H groups in total.